The smallest absolute Gasteiger partial charge is 0.264 e. The molecular weight excluding hydrogens is 558 g/mol. The van der Waals surface area contributed by atoms with Gasteiger partial charge in [-0.25, -0.2) is 8.42 Å². The van der Waals surface area contributed by atoms with Gasteiger partial charge < -0.3 is 15.4 Å². The van der Waals surface area contributed by atoms with Gasteiger partial charge >= 0.3 is 0 Å². The van der Waals surface area contributed by atoms with Crippen LogP contribution in [0.3, 0.4) is 0 Å². The third-order valence-corrected chi connectivity index (χ3v) is 8.29. The Balaban J connectivity index is 1.55. The first-order chi connectivity index (χ1) is 17.7. The Hall–Kier alpha value is -3.21. The largest absolute Gasteiger partial charge is 0.376 e. The van der Waals surface area contributed by atoms with Crippen molar-refractivity contribution in [1.82, 2.24) is 5.32 Å². The van der Waals surface area contributed by atoms with E-state index in [9.17, 15) is 18.0 Å². The Morgan fingerprint density at radius 3 is 2.41 bits per heavy atom. The molecule has 0 radical (unpaired) electrons. The fourth-order valence-corrected chi connectivity index (χ4v) is 5.66. The van der Waals surface area contributed by atoms with Gasteiger partial charge in [-0.05, 0) is 68.3 Å². The molecule has 0 aliphatic carbocycles. The van der Waals surface area contributed by atoms with E-state index in [0.29, 0.717) is 24.5 Å². The number of sulfonamides is 1. The van der Waals surface area contributed by atoms with Gasteiger partial charge in [-0.3, -0.25) is 13.9 Å². The van der Waals surface area contributed by atoms with Crippen molar-refractivity contribution in [2.24, 2.45) is 0 Å². The lowest BCUT2D eigenvalue weighted by Gasteiger charge is -2.24. The molecule has 1 heterocycles. The first-order valence-corrected chi connectivity index (χ1v) is 14.1. The van der Waals surface area contributed by atoms with Crippen molar-refractivity contribution in [1.29, 1.82) is 0 Å². The van der Waals surface area contributed by atoms with E-state index in [1.54, 1.807) is 60.7 Å². The Morgan fingerprint density at radius 2 is 1.73 bits per heavy atom. The molecule has 1 aliphatic heterocycles. The van der Waals surface area contributed by atoms with Crippen molar-refractivity contribution in [3.63, 3.8) is 0 Å². The average Bonchev–Trinajstić information content (AvgIpc) is 3.41. The van der Waals surface area contributed by atoms with Crippen LogP contribution >= 0.6 is 15.9 Å². The van der Waals surface area contributed by atoms with Crippen LogP contribution in [0, 0.1) is 6.92 Å². The van der Waals surface area contributed by atoms with Gasteiger partial charge in [0.05, 0.1) is 27.9 Å². The van der Waals surface area contributed by atoms with E-state index >= 15 is 0 Å². The predicted octanol–water partition coefficient (Wildman–Crippen LogP) is 4.50. The molecule has 2 amide bonds. The maximum atomic E-state index is 13.6. The molecule has 3 aromatic carbocycles. The zero-order chi connectivity index (χ0) is 26.4. The van der Waals surface area contributed by atoms with E-state index in [4.69, 9.17) is 4.74 Å². The van der Waals surface area contributed by atoms with Gasteiger partial charge in [-0.2, -0.15) is 0 Å². The summed E-state index contributed by atoms with van der Waals surface area (Å²) in [5.74, 6) is -0.929. The number of halogens is 1. The highest BCUT2D eigenvalue weighted by Crippen LogP contribution is 2.26. The molecule has 8 nitrogen and oxygen atoms in total. The van der Waals surface area contributed by atoms with Crippen LogP contribution in [0.5, 0.6) is 0 Å². The number of benzene rings is 3. The molecule has 2 N–H and O–H groups in total. The van der Waals surface area contributed by atoms with Crippen molar-refractivity contribution in [3.8, 4) is 0 Å². The van der Waals surface area contributed by atoms with E-state index in [-0.39, 0.29) is 22.5 Å². The summed E-state index contributed by atoms with van der Waals surface area (Å²) in [5, 5.41) is 5.57. The average molecular weight is 587 g/mol. The van der Waals surface area contributed by atoms with Crippen LogP contribution < -0.4 is 14.9 Å². The third-order valence-electron chi connectivity index (χ3n) is 5.97. The molecule has 4 rings (SSSR count). The Kier molecular flexibility index (Phi) is 8.63. The molecule has 194 valence electrons. The number of carbonyl (C=O) groups is 2. The van der Waals surface area contributed by atoms with E-state index in [2.05, 4.69) is 26.6 Å². The van der Waals surface area contributed by atoms with E-state index < -0.39 is 22.5 Å². The molecule has 1 fully saturated rings. The highest BCUT2D eigenvalue weighted by Gasteiger charge is 2.28. The van der Waals surface area contributed by atoms with Crippen LogP contribution in [0.2, 0.25) is 0 Å². The Labute approximate surface area is 225 Å². The van der Waals surface area contributed by atoms with Crippen molar-refractivity contribution in [2.75, 3.05) is 29.3 Å². The molecular formula is C27H28BrN3O5S. The van der Waals surface area contributed by atoms with Crippen molar-refractivity contribution < 1.29 is 22.7 Å². The summed E-state index contributed by atoms with van der Waals surface area (Å²) in [6.07, 6.45) is 1.84. The molecule has 1 saturated heterocycles. The summed E-state index contributed by atoms with van der Waals surface area (Å²) in [6.45, 7) is 2.45. The normalized spacial score (nSPS) is 15.2. The summed E-state index contributed by atoms with van der Waals surface area (Å²) in [5.41, 5.74) is 1.83. The summed E-state index contributed by atoms with van der Waals surface area (Å²) in [4.78, 5) is 26.1. The van der Waals surface area contributed by atoms with E-state index in [1.807, 2.05) is 6.92 Å². The minimum Gasteiger partial charge on any atom is -0.376 e. The lowest BCUT2D eigenvalue weighted by atomic mass is 10.1. The predicted molar refractivity (Wildman–Crippen MR) is 146 cm³/mol. The molecule has 1 aliphatic rings. The van der Waals surface area contributed by atoms with E-state index in [1.165, 1.54) is 12.1 Å². The summed E-state index contributed by atoms with van der Waals surface area (Å²) < 4.78 is 34.5. The van der Waals surface area contributed by atoms with Crippen molar-refractivity contribution in [3.05, 3.63) is 88.4 Å². The van der Waals surface area contributed by atoms with Crippen LogP contribution in [0.4, 0.5) is 11.4 Å². The minimum absolute atomic E-state index is 0.0165. The molecule has 0 aromatic heterocycles. The van der Waals surface area contributed by atoms with Crippen molar-refractivity contribution >= 4 is 49.1 Å². The number of rotatable bonds is 9. The van der Waals surface area contributed by atoms with Crippen LogP contribution in [-0.2, 0) is 19.6 Å². The maximum absolute atomic E-state index is 13.6. The molecule has 0 saturated carbocycles. The minimum atomic E-state index is -4.05. The first-order valence-electron chi connectivity index (χ1n) is 11.9. The number of carbonyl (C=O) groups excluding carboxylic acids is 2. The number of aryl methyl sites for hydroxylation is 1. The number of nitrogens with zero attached hydrogens (tertiary/aromatic N) is 1. The topological polar surface area (TPSA) is 105 Å². The van der Waals surface area contributed by atoms with Gasteiger partial charge in [0.2, 0.25) is 5.91 Å². The summed E-state index contributed by atoms with van der Waals surface area (Å²) in [6, 6.07) is 19.7. The number of hydrogen-bond donors (Lipinski definition) is 2. The lowest BCUT2D eigenvalue weighted by Crippen LogP contribution is -2.38. The second kappa shape index (κ2) is 11.9. The number of anilines is 2. The van der Waals surface area contributed by atoms with Crippen LogP contribution in [0.15, 0.2) is 82.2 Å². The van der Waals surface area contributed by atoms with Crippen LogP contribution in [-0.4, -0.2) is 46.0 Å². The molecule has 0 unspecified atom stereocenters. The van der Waals surface area contributed by atoms with Gasteiger partial charge in [0.1, 0.15) is 6.54 Å². The number of ether oxygens (including phenoxy) is 1. The van der Waals surface area contributed by atoms with Crippen molar-refractivity contribution in [2.45, 2.75) is 30.8 Å². The number of para-hydroxylation sites is 1. The zero-order valence-electron chi connectivity index (χ0n) is 20.3. The Morgan fingerprint density at radius 1 is 1.03 bits per heavy atom. The zero-order valence-corrected chi connectivity index (χ0v) is 22.7. The van der Waals surface area contributed by atoms with Gasteiger partial charge in [0.25, 0.3) is 15.9 Å². The summed E-state index contributed by atoms with van der Waals surface area (Å²) >= 11 is 3.36. The van der Waals surface area contributed by atoms with Crippen LogP contribution in [0.1, 0.15) is 28.8 Å². The summed E-state index contributed by atoms with van der Waals surface area (Å²) in [7, 11) is -4.05. The van der Waals surface area contributed by atoms with Crippen LogP contribution in [0.25, 0.3) is 0 Å². The second-order valence-electron chi connectivity index (χ2n) is 8.74. The highest BCUT2D eigenvalue weighted by molar-refractivity contribution is 9.10. The monoisotopic (exact) mass is 585 g/mol. The maximum Gasteiger partial charge on any atom is 0.264 e. The quantitative estimate of drug-likeness (QED) is 0.384. The molecule has 3 aromatic rings. The fourth-order valence-electron chi connectivity index (χ4n) is 3.98. The first kappa shape index (κ1) is 26.8. The van der Waals surface area contributed by atoms with E-state index in [0.717, 1.165) is 27.2 Å². The molecule has 1 atom stereocenters. The Bertz CT molecular complexity index is 1360. The lowest BCUT2D eigenvalue weighted by molar-refractivity contribution is -0.114. The number of hydrogen-bond acceptors (Lipinski definition) is 5. The second-order valence-corrected chi connectivity index (χ2v) is 11.5. The van der Waals surface area contributed by atoms with Gasteiger partial charge in [-0.15, -0.1) is 0 Å². The van der Waals surface area contributed by atoms with Gasteiger partial charge in [-0.1, -0.05) is 45.8 Å². The number of amides is 2. The molecule has 0 bridgehead atoms. The molecule has 0 spiro atoms. The SMILES string of the molecule is Cc1ccc(S(=O)(=O)N(CC(=O)Nc2ccccc2C(=O)NC[C@@H]2CCCO2)c2ccc(Br)cc2)cc1. The molecule has 37 heavy (non-hydrogen) atoms. The molecule has 10 heteroatoms. The van der Waals surface area contributed by atoms with Gasteiger partial charge in [0, 0.05) is 17.6 Å². The van der Waals surface area contributed by atoms with Gasteiger partial charge in [0.15, 0.2) is 0 Å². The fraction of sp³-hybridized carbons (Fsp3) is 0.259. The number of nitrogens with one attached hydrogen (secondary N) is 2. The highest BCUT2D eigenvalue weighted by atomic mass is 79.9. The standard InChI is InChI=1S/C27H28BrN3O5S/c1-19-8-14-23(15-9-19)37(34,35)31(21-12-10-20(28)11-13-21)18-26(32)30-25-7-3-2-6-24(25)27(33)29-17-22-5-4-16-36-22/h2-3,6-15,22H,4-5,16-18H2,1H3,(H,29,33)(H,30,32)/t22-/m0/s1. The third kappa shape index (κ3) is 6.76.